The maximum atomic E-state index is 8.82. The molecule has 0 amide bonds. The van der Waals surface area contributed by atoms with Crippen molar-refractivity contribution in [2.24, 2.45) is 0 Å². The van der Waals surface area contributed by atoms with Crippen LogP contribution >= 0.6 is 11.3 Å². The first-order chi connectivity index (χ1) is 10.7. The second kappa shape index (κ2) is 6.68. The van der Waals surface area contributed by atoms with Crippen LogP contribution in [0.4, 0.5) is 10.9 Å². The molecule has 2 aromatic rings. The summed E-state index contributed by atoms with van der Waals surface area (Å²) in [5.41, 5.74) is 0. The van der Waals surface area contributed by atoms with E-state index in [-0.39, 0.29) is 6.10 Å². The summed E-state index contributed by atoms with van der Waals surface area (Å²) in [5.74, 6) is 1.76. The number of nitriles is 1. The van der Waals surface area contributed by atoms with Crippen molar-refractivity contribution < 1.29 is 9.47 Å². The van der Waals surface area contributed by atoms with Crippen molar-refractivity contribution in [2.75, 3.05) is 18.5 Å². The standard InChI is InChI=1S/C14H15N5O2S/c1-9-17-12(19-14-16-8-11(7-15)22-14)6-13(18-9)21-10-2-4-20-5-3-10/h6,8,10H,2-5H2,1H3,(H,16,17,18,19). The highest BCUT2D eigenvalue weighted by molar-refractivity contribution is 7.16. The molecule has 0 aliphatic carbocycles. The second-order valence-electron chi connectivity index (χ2n) is 4.83. The van der Waals surface area contributed by atoms with E-state index >= 15 is 0 Å². The lowest BCUT2D eigenvalue weighted by molar-refractivity contribution is 0.0236. The van der Waals surface area contributed by atoms with Crippen molar-refractivity contribution in [1.29, 1.82) is 5.26 Å². The van der Waals surface area contributed by atoms with Crippen molar-refractivity contribution in [3.8, 4) is 11.9 Å². The van der Waals surface area contributed by atoms with Crippen LogP contribution in [-0.4, -0.2) is 34.3 Å². The third-order valence-corrected chi connectivity index (χ3v) is 3.94. The van der Waals surface area contributed by atoms with Crippen molar-refractivity contribution in [1.82, 2.24) is 15.0 Å². The van der Waals surface area contributed by atoms with Gasteiger partial charge in [0, 0.05) is 18.9 Å². The molecule has 1 saturated heterocycles. The number of anilines is 2. The quantitative estimate of drug-likeness (QED) is 0.925. The number of nitrogens with one attached hydrogen (secondary N) is 1. The van der Waals surface area contributed by atoms with Gasteiger partial charge in [0.15, 0.2) is 5.13 Å². The molecule has 0 atom stereocenters. The lowest BCUT2D eigenvalue weighted by atomic mass is 10.2. The molecule has 3 heterocycles. The monoisotopic (exact) mass is 317 g/mol. The van der Waals surface area contributed by atoms with Crippen molar-refractivity contribution >= 4 is 22.3 Å². The maximum absolute atomic E-state index is 8.82. The van der Waals surface area contributed by atoms with Crippen LogP contribution in [0.2, 0.25) is 0 Å². The molecule has 0 aromatic carbocycles. The zero-order chi connectivity index (χ0) is 15.4. The first kappa shape index (κ1) is 14.7. The van der Waals surface area contributed by atoms with Gasteiger partial charge in [-0.15, -0.1) is 0 Å². The molecule has 1 aliphatic rings. The third kappa shape index (κ3) is 3.69. The fourth-order valence-corrected chi connectivity index (χ4v) is 2.74. The summed E-state index contributed by atoms with van der Waals surface area (Å²) >= 11 is 1.27. The summed E-state index contributed by atoms with van der Waals surface area (Å²) in [6.07, 6.45) is 3.38. The number of nitrogens with zero attached hydrogens (tertiary/aromatic N) is 4. The van der Waals surface area contributed by atoms with Crippen LogP contribution in [0, 0.1) is 18.3 Å². The van der Waals surface area contributed by atoms with Gasteiger partial charge in [-0.2, -0.15) is 10.2 Å². The average Bonchev–Trinajstić information content (AvgIpc) is 2.95. The minimum atomic E-state index is 0.126. The van der Waals surface area contributed by atoms with Crippen LogP contribution in [-0.2, 0) is 4.74 Å². The highest BCUT2D eigenvalue weighted by atomic mass is 32.1. The molecule has 1 aliphatic heterocycles. The molecule has 1 fully saturated rings. The van der Waals surface area contributed by atoms with Crippen molar-refractivity contribution in [3.63, 3.8) is 0 Å². The lowest BCUT2D eigenvalue weighted by Gasteiger charge is -2.22. The predicted octanol–water partition coefficient (Wildman–Crippen LogP) is 2.41. The Morgan fingerprint density at radius 1 is 1.41 bits per heavy atom. The van der Waals surface area contributed by atoms with Crippen LogP contribution in [0.5, 0.6) is 5.88 Å². The number of aryl methyl sites for hydroxylation is 1. The molecule has 8 heteroatoms. The van der Waals surface area contributed by atoms with E-state index in [9.17, 15) is 0 Å². The van der Waals surface area contributed by atoms with E-state index in [0.29, 0.717) is 27.5 Å². The smallest absolute Gasteiger partial charge is 0.219 e. The topological polar surface area (TPSA) is 93.0 Å². The Balaban J connectivity index is 1.72. The summed E-state index contributed by atoms with van der Waals surface area (Å²) in [5, 5.41) is 12.5. The summed E-state index contributed by atoms with van der Waals surface area (Å²) in [6.45, 7) is 3.25. The molecule has 1 N–H and O–H groups in total. The number of thiazole rings is 1. The summed E-state index contributed by atoms with van der Waals surface area (Å²) < 4.78 is 11.2. The number of ether oxygens (including phenoxy) is 2. The molecular weight excluding hydrogens is 302 g/mol. The van der Waals surface area contributed by atoms with Gasteiger partial charge in [-0.05, 0) is 6.92 Å². The van der Waals surface area contributed by atoms with Gasteiger partial charge in [0.1, 0.15) is 28.7 Å². The fourth-order valence-electron chi connectivity index (χ4n) is 2.12. The SMILES string of the molecule is Cc1nc(Nc2ncc(C#N)s2)cc(OC2CCOCC2)n1. The van der Waals surface area contributed by atoms with Crippen LogP contribution in [0.15, 0.2) is 12.3 Å². The van der Waals surface area contributed by atoms with Gasteiger partial charge in [-0.3, -0.25) is 0 Å². The van der Waals surface area contributed by atoms with E-state index in [4.69, 9.17) is 14.7 Å². The van der Waals surface area contributed by atoms with Crippen LogP contribution in [0.3, 0.4) is 0 Å². The molecule has 0 unspecified atom stereocenters. The van der Waals surface area contributed by atoms with Crippen molar-refractivity contribution in [3.05, 3.63) is 23.0 Å². The Hall–Kier alpha value is -2.24. The molecule has 0 spiro atoms. The number of aromatic nitrogens is 3. The predicted molar refractivity (Wildman–Crippen MR) is 81.3 cm³/mol. The summed E-state index contributed by atoms with van der Waals surface area (Å²) in [6, 6.07) is 3.80. The molecule has 3 rings (SSSR count). The summed E-state index contributed by atoms with van der Waals surface area (Å²) in [7, 11) is 0. The van der Waals surface area contributed by atoms with E-state index in [1.165, 1.54) is 17.5 Å². The Morgan fingerprint density at radius 3 is 2.95 bits per heavy atom. The van der Waals surface area contributed by atoms with Gasteiger partial charge in [0.25, 0.3) is 0 Å². The highest BCUT2D eigenvalue weighted by Crippen LogP contribution is 2.24. The zero-order valence-corrected chi connectivity index (χ0v) is 12.9. The van der Waals surface area contributed by atoms with Gasteiger partial charge < -0.3 is 14.8 Å². The third-order valence-electron chi connectivity index (χ3n) is 3.12. The van der Waals surface area contributed by atoms with E-state index in [1.807, 2.05) is 6.92 Å². The van der Waals surface area contributed by atoms with Crippen LogP contribution < -0.4 is 10.1 Å². The number of rotatable bonds is 4. The lowest BCUT2D eigenvalue weighted by Crippen LogP contribution is -2.26. The average molecular weight is 317 g/mol. The molecule has 114 valence electrons. The highest BCUT2D eigenvalue weighted by Gasteiger charge is 2.16. The fraction of sp³-hybridized carbons (Fsp3) is 0.429. The van der Waals surface area contributed by atoms with E-state index in [2.05, 4.69) is 26.3 Å². The molecule has 0 radical (unpaired) electrons. The Kier molecular flexibility index (Phi) is 4.46. The molecule has 2 aromatic heterocycles. The van der Waals surface area contributed by atoms with Gasteiger partial charge in [-0.25, -0.2) is 9.97 Å². The molecule has 0 saturated carbocycles. The van der Waals surface area contributed by atoms with Gasteiger partial charge in [-0.1, -0.05) is 11.3 Å². The largest absolute Gasteiger partial charge is 0.474 e. The second-order valence-corrected chi connectivity index (χ2v) is 5.87. The molecule has 22 heavy (non-hydrogen) atoms. The molecular formula is C14H15N5O2S. The van der Waals surface area contributed by atoms with Crippen LogP contribution in [0.1, 0.15) is 23.5 Å². The zero-order valence-electron chi connectivity index (χ0n) is 12.1. The maximum Gasteiger partial charge on any atom is 0.219 e. The van der Waals surface area contributed by atoms with E-state index in [1.54, 1.807) is 6.07 Å². The molecule has 0 bridgehead atoms. The first-order valence-corrected chi connectivity index (χ1v) is 7.77. The van der Waals surface area contributed by atoms with E-state index < -0.39 is 0 Å². The first-order valence-electron chi connectivity index (χ1n) is 6.96. The van der Waals surface area contributed by atoms with Gasteiger partial charge in [0.05, 0.1) is 19.4 Å². The molecule has 7 nitrogen and oxygen atoms in total. The normalized spacial score (nSPS) is 15.3. The Bertz CT molecular complexity index is 691. The summed E-state index contributed by atoms with van der Waals surface area (Å²) in [4.78, 5) is 13.3. The minimum absolute atomic E-state index is 0.126. The Morgan fingerprint density at radius 2 is 2.23 bits per heavy atom. The minimum Gasteiger partial charge on any atom is -0.474 e. The van der Waals surface area contributed by atoms with Gasteiger partial charge >= 0.3 is 0 Å². The Labute approximate surface area is 132 Å². The van der Waals surface area contributed by atoms with Crippen LogP contribution in [0.25, 0.3) is 0 Å². The van der Waals surface area contributed by atoms with Crippen molar-refractivity contribution in [2.45, 2.75) is 25.9 Å². The number of hydrogen-bond donors (Lipinski definition) is 1. The number of hydrogen-bond acceptors (Lipinski definition) is 8. The van der Waals surface area contributed by atoms with E-state index in [0.717, 1.165) is 26.1 Å². The van der Waals surface area contributed by atoms with Gasteiger partial charge in [0.2, 0.25) is 5.88 Å².